The van der Waals surface area contributed by atoms with Gasteiger partial charge in [-0.15, -0.1) is 0 Å². The third-order valence-electron chi connectivity index (χ3n) is 2.48. The Balaban J connectivity index is 0.000000722. The van der Waals surface area contributed by atoms with E-state index in [9.17, 15) is 0 Å². The van der Waals surface area contributed by atoms with E-state index in [0.717, 1.165) is 11.2 Å². The number of hydrogen-bond acceptors (Lipinski definition) is 0. The van der Waals surface area contributed by atoms with Gasteiger partial charge in [0.25, 0.3) is 0 Å². The lowest BCUT2D eigenvalue weighted by Gasteiger charge is -1.91. The van der Waals surface area contributed by atoms with Crippen LogP contribution in [0.4, 0.5) is 0 Å². The highest BCUT2D eigenvalue weighted by Crippen LogP contribution is 2.07. The van der Waals surface area contributed by atoms with Crippen LogP contribution in [-0.2, 0) is 0 Å². The number of nitrogens with zero attached hydrogens (tertiary/aromatic N) is 1. The molecule has 3 nitrogen and oxygen atoms in total. The van der Waals surface area contributed by atoms with Gasteiger partial charge in [0.05, 0.1) is 0 Å². The summed E-state index contributed by atoms with van der Waals surface area (Å²) in [6.45, 7) is 0. The summed E-state index contributed by atoms with van der Waals surface area (Å²) in [6.07, 6.45) is 5.84. The minimum atomic E-state index is 0. The Morgan fingerprint density at radius 1 is 1.00 bits per heavy atom. The molecule has 88 valence electrons. The number of imidazole rings is 1. The van der Waals surface area contributed by atoms with Crippen molar-refractivity contribution in [2.45, 2.75) is 0 Å². The zero-order chi connectivity index (χ0) is 10.1. The number of H-pyrrole nitrogens is 2. The first-order chi connectivity index (χ1) is 7.45. The third-order valence-corrected chi connectivity index (χ3v) is 2.48. The van der Waals surface area contributed by atoms with Crippen molar-refractivity contribution in [3.05, 3.63) is 55.1 Å². The van der Waals surface area contributed by atoms with Gasteiger partial charge in [0, 0.05) is 6.07 Å². The molecule has 2 N–H and O–H groups in total. The normalized spacial score (nSPS) is 9.41. The van der Waals surface area contributed by atoms with E-state index in [-0.39, 0.29) is 24.8 Å². The molecule has 2 heterocycles. The predicted molar refractivity (Wildman–Crippen MR) is 56.4 cm³/mol. The molecule has 1 aromatic carbocycles. The molecular weight excluding hydrogens is 257 g/mol. The molecule has 0 saturated carbocycles. The number of rotatable bonds is 1. The average molecular weight is 268 g/mol. The van der Waals surface area contributed by atoms with Crippen LogP contribution in [0.2, 0.25) is 0 Å². The number of nitrogens with one attached hydrogen (secondary N) is 2. The third kappa shape index (κ3) is 2.40. The molecule has 5 heteroatoms. The van der Waals surface area contributed by atoms with Gasteiger partial charge in [-0.05, 0) is 18.2 Å². The molecule has 0 aliphatic heterocycles. The predicted octanol–water partition coefficient (Wildman–Crippen LogP) is -4.73. The summed E-state index contributed by atoms with van der Waals surface area (Å²) in [5.74, 6) is 0. The first-order valence-electron chi connectivity index (χ1n) is 4.89. The van der Waals surface area contributed by atoms with Gasteiger partial charge >= 0.3 is 0 Å². The monoisotopic (exact) mass is 267 g/mol. The minimum Gasteiger partial charge on any atom is -1.00 e. The first-order valence-corrected chi connectivity index (χ1v) is 4.89. The molecular formula is C12H11Cl2N3. The Morgan fingerprint density at radius 2 is 1.82 bits per heavy atom. The fourth-order valence-corrected chi connectivity index (χ4v) is 1.76. The van der Waals surface area contributed by atoms with Crippen LogP contribution in [0.5, 0.6) is 0 Å². The molecule has 3 aromatic rings. The quantitative estimate of drug-likeness (QED) is 0.430. The summed E-state index contributed by atoms with van der Waals surface area (Å²) in [5, 5.41) is 0. The van der Waals surface area contributed by atoms with E-state index in [2.05, 4.69) is 32.7 Å². The number of benzene rings is 1. The highest BCUT2D eigenvalue weighted by molar-refractivity contribution is 5.71. The Bertz CT molecular complexity index is 593. The Kier molecular flexibility index (Phi) is 4.49. The summed E-state index contributed by atoms with van der Waals surface area (Å²) in [4.78, 5) is 6.31. The number of pyridine rings is 1. The largest absolute Gasteiger partial charge is 1.00 e. The van der Waals surface area contributed by atoms with Crippen LogP contribution in [-0.4, -0.2) is 4.98 Å². The lowest BCUT2D eigenvalue weighted by molar-refractivity contribution is -0.574. The van der Waals surface area contributed by atoms with Crippen molar-refractivity contribution in [3.63, 3.8) is 0 Å². The Hall–Kier alpha value is -1.58. The number of aromatic nitrogens is 3. The van der Waals surface area contributed by atoms with Crippen molar-refractivity contribution < 1.29 is 34.4 Å². The molecule has 0 spiro atoms. The molecule has 3 rings (SSSR count). The zero-order valence-corrected chi connectivity index (χ0v) is 10.4. The van der Waals surface area contributed by atoms with Crippen LogP contribution < -0.4 is 34.4 Å². The van der Waals surface area contributed by atoms with E-state index >= 15 is 0 Å². The number of fused-ring (bicyclic) bond motifs is 1. The van der Waals surface area contributed by atoms with Gasteiger partial charge in [-0.2, -0.15) is 4.57 Å². The molecule has 0 atom stereocenters. The molecule has 0 amide bonds. The van der Waals surface area contributed by atoms with E-state index < -0.39 is 0 Å². The molecule has 0 fully saturated rings. The molecule has 17 heavy (non-hydrogen) atoms. The van der Waals surface area contributed by atoms with Crippen LogP contribution in [0.3, 0.4) is 0 Å². The molecule has 0 saturated heterocycles. The van der Waals surface area contributed by atoms with Gasteiger partial charge in [0.15, 0.2) is 22.9 Å². The minimum absolute atomic E-state index is 0. The van der Waals surface area contributed by atoms with Crippen molar-refractivity contribution >= 4 is 11.0 Å². The molecule has 0 aliphatic carbocycles. The molecule has 0 radical (unpaired) electrons. The summed E-state index contributed by atoms with van der Waals surface area (Å²) in [7, 11) is 0. The van der Waals surface area contributed by atoms with Crippen LogP contribution in [0.25, 0.3) is 16.7 Å². The first kappa shape index (κ1) is 13.5. The van der Waals surface area contributed by atoms with Gasteiger partial charge in [-0.1, -0.05) is 12.1 Å². The van der Waals surface area contributed by atoms with Crippen molar-refractivity contribution in [2.24, 2.45) is 0 Å². The van der Waals surface area contributed by atoms with Crippen LogP contribution in [0.15, 0.2) is 55.1 Å². The van der Waals surface area contributed by atoms with Crippen LogP contribution in [0.1, 0.15) is 0 Å². The van der Waals surface area contributed by atoms with Gasteiger partial charge in [-0.3, -0.25) is 0 Å². The molecule has 2 aromatic heterocycles. The van der Waals surface area contributed by atoms with Gasteiger partial charge < -0.3 is 24.8 Å². The second-order valence-electron chi connectivity index (χ2n) is 3.42. The van der Waals surface area contributed by atoms with Crippen LogP contribution >= 0.6 is 0 Å². The standard InChI is InChI=1S/C12H9N3.2ClH/c1-2-6-12-11(5-1)14-9-15(12)10-4-3-7-13-8-10;;/h1-9H;2*1H. The SMILES string of the molecule is [Cl-].[Cl-].c1c[nH+]cc(-[n+]2c[nH]c3ccccc32)c1. The topological polar surface area (TPSA) is 33.8 Å². The van der Waals surface area contributed by atoms with E-state index in [1.165, 1.54) is 5.52 Å². The Labute approximate surface area is 111 Å². The van der Waals surface area contributed by atoms with Gasteiger partial charge in [-0.25, -0.2) is 9.97 Å². The number of para-hydroxylation sites is 2. The number of halogens is 2. The fraction of sp³-hybridized carbons (Fsp3) is 0. The van der Waals surface area contributed by atoms with Gasteiger partial charge in [0.2, 0.25) is 12.5 Å². The lowest BCUT2D eigenvalue weighted by atomic mass is 10.3. The molecule has 0 aliphatic rings. The summed E-state index contributed by atoms with van der Waals surface area (Å²) in [5.41, 5.74) is 3.44. The second kappa shape index (κ2) is 5.66. The van der Waals surface area contributed by atoms with E-state index in [0.29, 0.717) is 0 Å². The maximum absolute atomic E-state index is 3.24. The van der Waals surface area contributed by atoms with E-state index in [1.807, 2.05) is 36.9 Å². The smallest absolute Gasteiger partial charge is 0.247 e. The lowest BCUT2D eigenvalue weighted by Crippen LogP contribution is -3.00. The molecule has 0 bridgehead atoms. The summed E-state index contributed by atoms with van der Waals surface area (Å²) >= 11 is 0. The fourth-order valence-electron chi connectivity index (χ4n) is 1.76. The summed E-state index contributed by atoms with van der Waals surface area (Å²) in [6, 6.07) is 12.3. The van der Waals surface area contributed by atoms with Crippen molar-refractivity contribution in [3.8, 4) is 5.69 Å². The molecule has 0 unspecified atom stereocenters. The second-order valence-corrected chi connectivity index (χ2v) is 3.42. The Morgan fingerprint density at radius 3 is 2.59 bits per heavy atom. The zero-order valence-electron chi connectivity index (χ0n) is 8.90. The maximum atomic E-state index is 3.24. The van der Waals surface area contributed by atoms with Crippen molar-refractivity contribution in [1.82, 2.24) is 4.98 Å². The van der Waals surface area contributed by atoms with Crippen LogP contribution in [0, 0.1) is 0 Å². The number of hydrogen-bond donors (Lipinski definition) is 1. The van der Waals surface area contributed by atoms with E-state index in [4.69, 9.17) is 0 Å². The summed E-state index contributed by atoms with van der Waals surface area (Å²) < 4.78 is 2.12. The highest BCUT2D eigenvalue weighted by atomic mass is 35.5. The van der Waals surface area contributed by atoms with Crippen molar-refractivity contribution in [2.75, 3.05) is 0 Å². The average Bonchev–Trinajstić information content (AvgIpc) is 2.74. The van der Waals surface area contributed by atoms with Gasteiger partial charge in [0.1, 0.15) is 0 Å². The number of aromatic amines is 2. The van der Waals surface area contributed by atoms with E-state index in [1.54, 1.807) is 0 Å². The highest BCUT2D eigenvalue weighted by Gasteiger charge is 2.11. The maximum Gasteiger partial charge on any atom is 0.247 e. The van der Waals surface area contributed by atoms with Crippen molar-refractivity contribution in [1.29, 1.82) is 0 Å².